The third-order valence-corrected chi connectivity index (χ3v) is 1.15. The summed E-state index contributed by atoms with van der Waals surface area (Å²) in [5, 5.41) is 0. The molecule has 1 aliphatic carbocycles. The number of hydrogen-bond acceptors (Lipinski definition) is 1. The van der Waals surface area contributed by atoms with Crippen molar-refractivity contribution in [3.63, 3.8) is 0 Å². The highest BCUT2D eigenvalue weighted by Crippen LogP contribution is 2.15. The molecule has 50 valence electrons. The molecule has 0 amide bonds. The summed E-state index contributed by atoms with van der Waals surface area (Å²) in [5.74, 6) is 5.78. The van der Waals surface area contributed by atoms with Crippen molar-refractivity contribution in [3.8, 4) is 11.8 Å². The number of carbonyl (C=O) groups excluding carboxylic acids is 1. The number of aldehydes is 1. The Kier molecular flexibility index (Phi) is 2.07. The van der Waals surface area contributed by atoms with Gasteiger partial charge in [-0.2, -0.15) is 0 Å². The monoisotopic (exact) mass is 132 g/mol. The molecular formula is C9H8O. The van der Waals surface area contributed by atoms with Gasteiger partial charge >= 0.3 is 0 Å². The molecule has 0 aromatic heterocycles. The van der Waals surface area contributed by atoms with Gasteiger partial charge in [-0.05, 0) is 19.4 Å². The van der Waals surface area contributed by atoms with Gasteiger partial charge in [0.25, 0.3) is 0 Å². The van der Waals surface area contributed by atoms with Crippen LogP contribution in [0.2, 0.25) is 0 Å². The molecule has 0 bridgehead atoms. The van der Waals surface area contributed by atoms with Gasteiger partial charge in [0, 0.05) is 11.1 Å². The van der Waals surface area contributed by atoms with Crippen LogP contribution >= 0.6 is 0 Å². The molecule has 0 radical (unpaired) electrons. The normalized spacial score (nSPS) is 14.9. The lowest BCUT2D eigenvalue weighted by atomic mass is 10.3. The molecule has 1 aliphatic rings. The maximum absolute atomic E-state index is 9.92. The van der Waals surface area contributed by atoms with Crippen molar-refractivity contribution in [2.24, 2.45) is 0 Å². The van der Waals surface area contributed by atoms with Crippen molar-refractivity contribution >= 4 is 6.29 Å². The SMILES string of the molecule is CC(C#CC1=CC1)=CC=O. The van der Waals surface area contributed by atoms with Gasteiger partial charge in [0.05, 0.1) is 0 Å². The Morgan fingerprint density at radius 2 is 2.50 bits per heavy atom. The number of carbonyl (C=O) groups is 1. The fourth-order valence-corrected chi connectivity index (χ4v) is 0.476. The van der Waals surface area contributed by atoms with Crippen LogP contribution in [-0.2, 0) is 4.79 Å². The standard InChI is InChI=1S/C9H8O/c1-8(6-7-10)2-3-9-4-5-9/h4,6-7H,5H2,1H3. The minimum atomic E-state index is 0.755. The molecule has 0 heterocycles. The summed E-state index contributed by atoms with van der Waals surface area (Å²) in [4.78, 5) is 9.92. The van der Waals surface area contributed by atoms with Gasteiger partial charge in [-0.15, -0.1) is 0 Å². The van der Waals surface area contributed by atoms with E-state index in [-0.39, 0.29) is 0 Å². The first-order chi connectivity index (χ1) is 4.83. The Morgan fingerprint density at radius 1 is 1.80 bits per heavy atom. The lowest BCUT2D eigenvalue weighted by Crippen LogP contribution is -1.69. The minimum Gasteiger partial charge on any atom is -0.299 e. The zero-order chi connectivity index (χ0) is 7.40. The second-order valence-corrected chi connectivity index (χ2v) is 2.17. The summed E-state index contributed by atoms with van der Waals surface area (Å²) in [6.45, 7) is 1.82. The second kappa shape index (κ2) is 3.03. The van der Waals surface area contributed by atoms with Gasteiger partial charge in [0.2, 0.25) is 0 Å². The Labute approximate surface area is 60.4 Å². The maximum Gasteiger partial charge on any atom is 0.143 e. The van der Waals surface area contributed by atoms with Crippen molar-refractivity contribution in [1.29, 1.82) is 0 Å². The van der Waals surface area contributed by atoms with E-state index < -0.39 is 0 Å². The molecule has 0 saturated carbocycles. The maximum atomic E-state index is 9.92. The average Bonchev–Trinajstić information content (AvgIpc) is 2.67. The number of rotatable bonds is 1. The Bertz CT molecular complexity index is 258. The van der Waals surface area contributed by atoms with E-state index in [1.807, 2.05) is 6.92 Å². The predicted molar refractivity (Wildman–Crippen MR) is 40.3 cm³/mol. The quantitative estimate of drug-likeness (QED) is 0.300. The van der Waals surface area contributed by atoms with Crippen LogP contribution in [0.4, 0.5) is 0 Å². The molecule has 0 atom stereocenters. The van der Waals surface area contributed by atoms with Crippen molar-refractivity contribution in [3.05, 3.63) is 23.3 Å². The van der Waals surface area contributed by atoms with Gasteiger partial charge in [0.15, 0.2) is 0 Å². The Hall–Kier alpha value is -1.29. The van der Waals surface area contributed by atoms with E-state index in [4.69, 9.17) is 0 Å². The Morgan fingerprint density at radius 3 is 3.00 bits per heavy atom. The summed E-state index contributed by atoms with van der Waals surface area (Å²) in [6.07, 6.45) is 5.31. The predicted octanol–water partition coefficient (Wildman–Crippen LogP) is 1.47. The molecule has 10 heavy (non-hydrogen) atoms. The summed E-state index contributed by atoms with van der Waals surface area (Å²) in [6, 6.07) is 0. The van der Waals surface area contributed by atoms with E-state index in [0.29, 0.717) is 0 Å². The van der Waals surface area contributed by atoms with E-state index in [2.05, 4.69) is 17.9 Å². The van der Waals surface area contributed by atoms with Gasteiger partial charge in [-0.3, -0.25) is 4.79 Å². The molecule has 0 aliphatic heterocycles. The van der Waals surface area contributed by atoms with Crippen LogP contribution in [0.1, 0.15) is 13.3 Å². The van der Waals surface area contributed by atoms with Crippen LogP contribution in [0.25, 0.3) is 0 Å². The zero-order valence-corrected chi connectivity index (χ0v) is 5.85. The molecule has 0 saturated heterocycles. The van der Waals surface area contributed by atoms with Crippen LogP contribution in [0.5, 0.6) is 0 Å². The Balaban J connectivity index is 2.52. The molecule has 1 rings (SSSR count). The van der Waals surface area contributed by atoms with Crippen LogP contribution < -0.4 is 0 Å². The first-order valence-corrected chi connectivity index (χ1v) is 3.16. The molecule has 0 aromatic carbocycles. The lowest BCUT2D eigenvalue weighted by molar-refractivity contribution is -0.104. The van der Waals surface area contributed by atoms with Gasteiger partial charge in [-0.25, -0.2) is 0 Å². The molecule has 0 fully saturated rings. The third kappa shape index (κ3) is 2.32. The molecule has 1 heteroatoms. The van der Waals surface area contributed by atoms with E-state index >= 15 is 0 Å². The first kappa shape index (κ1) is 6.82. The highest BCUT2D eigenvalue weighted by Gasteiger charge is 2.00. The fraction of sp³-hybridized carbons (Fsp3) is 0.222. The number of hydrogen-bond donors (Lipinski definition) is 0. The fourth-order valence-electron chi connectivity index (χ4n) is 0.476. The summed E-state index contributed by atoms with van der Waals surface area (Å²) >= 11 is 0. The minimum absolute atomic E-state index is 0.755. The van der Waals surface area contributed by atoms with E-state index in [0.717, 1.165) is 18.3 Å². The van der Waals surface area contributed by atoms with Crippen molar-refractivity contribution in [2.75, 3.05) is 0 Å². The van der Waals surface area contributed by atoms with Gasteiger partial charge < -0.3 is 0 Å². The molecular weight excluding hydrogens is 124 g/mol. The summed E-state index contributed by atoms with van der Waals surface area (Å²) in [5.41, 5.74) is 2.00. The number of allylic oxidation sites excluding steroid dienone is 4. The topological polar surface area (TPSA) is 17.1 Å². The average molecular weight is 132 g/mol. The highest BCUT2D eigenvalue weighted by molar-refractivity contribution is 5.68. The van der Waals surface area contributed by atoms with Crippen LogP contribution in [0.3, 0.4) is 0 Å². The van der Waals surface area contributed by atoms with Gasteiger partial charge in [0.1, 0.15) is 6.29 Å². The second-order valence-electron chi connectivity index (χ2n) is 2.17. The van der Waals surface area contributed by atoms with Crippen molar-refractivity contribution in [2.45, 2.75) is 13.3 Å². The molecule has 0 unspecified atom stereocenters. The first-order valence-electron chi connectivity index (χ1n) is 3.16. The van der Waals surface area contributed by atoms with E-state index in [9.17, 15) is 4.79 Å². The van der Waals surface area contributed by atoms with Crippen molar-refractivity contribution in [1.82, 2.24) is 0 Å². The van der Waals surface area contributed by atoms with E-state index in [1.54, 1.807) is 0 Å². The smallest absolute Gasteiger partial charge is 0.143 e. The summed E-state index contributed by atoms with van der Waals surface area (Å²) in [7, 11) is 0. The molecule has 1 nitrogen and oxygen atoms in total. The van der Waals surface area contributed by atoms with Crippen LogP contribution in [0.15, 0.2) is 23.3 Å². The molecule has 0 N–H and O–H groups in total. The zero-order valence-electron chi connectivity index (χ0n) is 5.85. The molecule has 0 spiro atoms. The van der Waals surface area contributed by atoms with Crippen molar-refractivity contribution < 1.29 is 4.79 Å². The van der Waals surface area contributed by atoms with E-state index in [1.165, 1.54) is 11.6 Å². The van der Waals surface area contributed by atoms with Crippen LogP contribution in [-0.4, -0.2) is 6.29 Å². The largest absolute Gasteiger partial charge is 0.299 e. The summed E-state index contributed by atoms with van der Waals surface area (Å²) < 4.78 is 0. The van der Waals surface area contributed by atoms with Gasteiger partial charge in [-0.1, -0.05) is 17.9 Å². The van der Waals surface area contributed by atoms with Crippen LogP contribution in [0, 0.1) is 11.8 Å². The molecule has 0 aromatic rings. The lowest BCUT2D eigenvalue weighted by Gasteiger charge is -1.77. The highest BCUT2D eigenvalue weighted by atomic mass is 16.1. The third-order valence-electron chi connectivity index (χ3n) is 1.15.